The average Bonchev–Trinajstić information content (AvgIpc) is 2.37. The molecule has 0 aromatic carbocycles. The number of rotatable bonds is 4. The highest BCUT2D eigenvalue weighted by Crippen LogP contribution is 2.02. The van der Waals surface area contributed by atoms with Gasteiger partial charge in [-0.15, -0.1) is 0 Å². The lowest BCUT2D eigenvalue weighted by Crippen LogP contribution is -1.97. The molecule has 0 N–H and O–H groups in total. The minimum Gasteiger partial charge on any atom is -0.338 e. The van der Waals surface area contributed by atoms with E-state index in [0.29, 0.717) is 0 Å². The number of imidazole rings is 1. The highest BCUT2D eigenvalue weighted by molar-refractivity contribution is 7.98. The Bertz CT molecular complexity index is 208. The summed E-state index contributed by atoms with van der Waals surface area (Å²) in [7, 11) is 2.04. The molecule has 0 aliphatic carbocycles. The normalized spacial score (nSPS) is 10.4. The van der Waals surface area contributed by atoms with Crippen LogP contribution in [0.5, 0.6) is 0 Å². The van der Waals surface area contributed by atoms with Crippen LogP contribution in [-0.4, -0.2) is 21.6 Å². The first-order valence-corrected chi connectivity index (χ1v) is 5.19. The fourth-order valence-electron chi connectivity index (χ4n) is 1.01. The average molecular weight is 170 g/mol. The molecule has 1 aromatic rings. The molecule has 0 spiro atoms. The van der Waals surface area contributed by atoms with Crippen molar-refractivity contribution in [1.29, 1.82) is 0 Å². The van der Waals surface area contributed by atoms with Gasteiger partial charge in [-0.05, 0) is 18.4 Å². The van der Waals surface area contributed by atoms with Crippen molar-refractivity contribution < 1.29 is 0 Å². The van der Waals surface area contributed by atoms with Gasteiger partial charge in [-0.25, -0.2) is 4.98 Å². The predicted molar refractivity (Wildman–Crippen MR) is 49.9 cm³/mol. The zero-order valence-electron chi connectivity index (χ0n) is 7.08. The van der Waals surface area contributed by atoms with Crippen molar-refractivity contribution in [2.45, 2.75) is 12.8 Å². The first-order valence-electron chi connectivity index (χ1n) is 3.79. The quantitative estimate of drug-likeness (QED) is 0.640. The number of aryl methyl sites for hydroxylation is 2. The van der Waals surface area contributed by atoms with Crippen LogP contribution in [0, 0.1) is 0 Å². The topological polar surface area (TPSA) is 17.8 Å². The van der Waals surface area contributed by atoms with Gasteiger partial charge in [0.05, 0.1) is 0 Å². The Hall–Kier alpha value is -0.440. The molecule has 3 heteroatoms. The van der Waals surface area contributed by atoms with Crippen LogP contribution in [0.3, 0.4) is 0 Å². The number of nitrogens with zero attached hydrogens (tertiary/aromatic N) is 2. The van der Waals surface area contributed by atoms with Crippen molar-refractivity contribution in [3.8, 4) is 0 Å². The van der Waals surface area contributed by atoms with Gasteiger partial charge in [0.25, 0.3) is 0 Å². The predicted octanol–water partition coefficient (Wildman–Crippen LogP) is 1.72. The van der Waals surface area contributed by atoms with Crippen LogP contribution in [0.1, 0.15) is 12.2 Å². The van der Waals surface area contributed by atoms with Gasteiger partial charge in [-0.2, -0.15) is 11.8 Å². The van der Waals surface area contributed by atoms with E-state index in [0.717, 1.165) is 6.42 Å². The van der Waals surface area contributed by atoms with Crippen molar-refractivity contribution >= 4 is 11.8 Å². The standard InChI is InChI=1S/C8H14N2S/c1-10-6-5-9-8(10)4-3-7-11-2/h5-6H,3-4,7H2,1-2H3. The summed E-state index contributed by atoms with van der Waals surface area (Å²) in [4.78, 5) is 4.24. The minimum absolute atomic E-state index is 1.10. The van der Waals surface area contributed by atoms with Gasteiger partial charge in [0.1, 0.15) is 5.82 Å². The van der Waals surface area contributed by atoms with E-state index in [2.05, 4.69) is 15.8 Å². The molecule has 0 atom stereocenters. The van der Waals surface area contributed by atoms with E-state index in [9.17, 15) is 0 Å². The summed E-state index contributed by atoms with van der Waals surface area (Å²) >= 11 is 1.89. The molecule has 1 rings (SSSR count). The van der Waals surface area contributed by atoms with Crippen molar-refractivity contribution in [2.24, 2.45) is 7.05 Å². The van der Waals surface area contributed by atoms with E-state index in [1.165, 1.54) is 18.0 Å². The van der Waals surface area contributed by atoms with Crippen LogP contribution in [0.2, 0.25) is 0 Å². The summed E-state index contributed by atoms with van der Waals surface area (Å²) < 4.78 is 2.08. The molecular weight excluding hydrogens is 156 g/mol. The van der Waals surface area contributed by atoms with Crippen molar-refractivity contribution in [1.82, 2.24) is 9.55 Å². The summed E-state index contributed by atoms with van der Waals surface area (Å²) in [5.74, 6) is 2.42. The Morgan fingerprint density at radius 3 is 3.00 bits per heavy atom. The molecule has 0 aliphatic rings. The second-order valence-electron chi connectivity index (χ2n) is 2.55. The third-order valence-electron chi connectivity index (χ3n) is 1.67. The Morgan fingerprint density at radius 2 is 2.45 bits per heavy atom. The van der Waals surface area contributed by atoms with Gasteiger partial charge in [-0.1, -0.05) is 0 Å². The molecule has 0 saturated carbocycles. The van der Waals surface area contributed by atoms with E-state index in [4.69, 9.17) is 0 Å². The van der Waals surface area contributed by atoms with Gasteiger partial charge in [0, 0.05) is 25.9 Å². The first kappa shape index (κ1) is 8.65. The fourth-order valence-corrected chi connectivity index (χ4v) is 1.45. The molecule has 0 radical (unpaired) electrons. The van der Waals surface area contributed by atoms with Crippen LogP contribution in [-0.2, 0) is 13.5 Å². The number of aromatic nitrogens is 2. The highest BCUT2D eigenvalue weighted by Gasteiger charge is 1.96. The molecule has 1 aromatic heterocycles. The first-order chi connectivity index (χ1) is 5.34. The Labute approximate surface area is 72.0 Å². The molecule has 0 aliphatic heterocycles. The molecule has 0 unspecified atom stereocenters. The van der Waals surface area contributed by atoms with E-state index in [1.807, 2.05) is 31.2 Å². The monoisotopic (exact) mass is 170 g/mol. The summed E-state index contributed by atoms with van der Waals surface area (Å²) in [6.07, 6.45) is 8.32. The number of hydrogen-bond acceptors (Lipinski definition) is 2. The third kappa shape index (κ3) is 2.58. The molecule has 0 amide bonds. The van der Waals surface area contributed by atoms with Crippen molar-refractivity contribution in [3.05, 3.63) is 18.2 Å². The minimum atomic E-state index is 1.10. The Balaban J connectivity index is 2.32. The SMILES string of the molecule is CSCCCc1nccn1C. The van der Waals surface area contributed by atoms with E-state index in [1.54, 1.807) is 0 Å². The molecule has 2 nitrogen and oxygen atoms in total. The molecule has 0 saturated heterocycles. The molecule has 0 bridgehead atoms. The van der Waals surface area contributed by atoms with Gasteiger partial charge in [0.15, 0.2) is 0 Å². The van der Waals surface area contributed by atoms with Crippen molar-refractivity contribution in [3.63, 3.8) is 0 Å². The van der Waals surface area contributed by atoms with Gasteiger partial charge in [-0.3, -0.25) is 0 Å². The maximum absolute atomic E-state index is 4.24. The zero-order valence-corrected chi connectivity index (χ0v) is 7.90. The lowest BCUT2D eigenvalue weighted by Gasteiger charge is -1.99. The van der Waals surface area contributed by atoms with Crippen molar-refractivity contribution in [2.75, 3.05) is 12.0 Å². The molecule has 11 heavy (non-hydrogen) atoms. The van der Waals surface area contributed by atoms with Gasteiger partial charge < -0.3 is 4.57 Å². The van der Waals surface area contributed by atoms with E-state index >= 15 is 0 Å². The summed E-state index contributed by atoms with van der Waals surface area (Å²) in [6.45, 7) is 0. The van der Waals surface area contributed by atoms with Gasteiger partial charge >= 0.3 is 0 Å². The largest absolute Gasteiger partial charge is 0.338 e. The summed E-state index contributed by atoms with van der Waals surface area (Å²) in [5.41, 5.74) is 0. The molecular formula is C8H14N2S. The molecule has 62 valence electrons. The van der Waals surface area contributed by atoms with Crippen LogP contribution in [0.25, 0.3) is 0 Å². The maximum atomic E-state index is 4.24. The van der Waals surface area contributed by atoms with Gasteiger partial charge in [0.2, 0.25) is 0 Å². The second-order valence-corrected chi connectivity index (χ2v) is 3.54. The van der Waals surface area contributed by atoms with Crippen LogP contribution in [0.15, 0.2) is 12.4 Å². The summed E-state index contributed by atoms with van der Waals surface area (Å²) in [5, 5.41) is 0. The van der Waals surface area contributed by atoms with E-state index < -0.39 is 0 Å². The maximum Gasteiger partial charge on any atom is 0.108 e. The molecule has 0 fully saturated rings. The number of thioether (sulfide) groups is 1. The number of hydrogen-bond donors (Lipinski definition) is 0. The van der Waals surface area contributed by atoms with Crippen LogP contribution in [0.4, 0.5) is 0 Å². The lowest BCUT2D eigenvalue weighted by atomic mass is 10.3. The van der Waals surface area contributed by atoms with Crippen LogP contribution < -0.4 is 0 Å². The van der Waals surface area contributed by atoms with E-state index in [-0.39, 0.29) is 0 Å². The molecule has 1 heterocycles. The highest BCUT2D eigenvalue weighted by atomic mass is 32.2. The fraction of sp³-hybridized carbons (Fsp3) is 0.625. The summed E-state index contributed by atoms with van der Waals surface area (Å²) in [6, 6.07) is 0. The Kier molecular flexibility index (Phi) is 3.49. The Morgan fingerprint density at radius 1 is 1.64 bits per heavy atom. The zero-order chi connectivity index (χ0) is 8.10. The van der Waals surface area contributed by atoms with Crippen LogP contribution >= 0.6 is 11.8 Å². The second kappa shape index (κ2) is 4.44. The third-order valence-corrected chi connectivity index (χ3v) is 2.37. The smallest absolute Gasteiger partial charge is 0.108 e. The lowest BCUT2D eigenvalue weighted by molar-refractivity contribution is 0.763.